The summed E-state index contributed by atoms with van der Waals surface area (Å²) in [4.78, 5) is 0. The molecule has 3 nitrogen and oxygen atoms in total. The number of hydrogen-bond donors (Lipinski definition) is 1. The molecule has 1 aromatic rings. The summed E-state index contributed by atoms with van der Waals surface area (Å²) in [6, 6.07) is 8.69. The van der Waals surface area contributed by atoms with Crippen LogP contribution in [0.2, 0.25) is 0 Å². The molecule has 4 rings (SSSR count). The molecule has 2 saturated carbocycles. The monoisotopic (exact) mass is 329 g/mol. The van der Waals surface area contributed by atoms with E-state index in [0.29, 0.717) is 11.5 Å². The number of benzene rings is 1. The molecule has 1 N–H and O–H groups in total. The molecular formula is C21H31NO2. The van der Waals surface area contributed by atoms with E-state index in [1.165, 1.54) is 56.9 Å². The Morgan fingerprint density at radius 1 is 1.08 bits per heavy atom. The molecule has 0 aromatic heterocycles. The van der Waals surface area contributed by atoms with Crippen LogP contribution in [0.1, 0.15) is 63.9 Å². The molecule has 1 spiro atoms. The predicted octanol–water partition coefficient (Wildman–Crippen LogP) is 4.40. The highest BCUT2D eigenvalue weighted by molar-refractivity contribution is 5.33. The lowest BCUT2D eigenvalue weighted by Gasteiger charge is -2.48. The van der Waals surface area contributed by atoms with Crippen molar-refractivity contribution in [3.8, 4) is 5.75 Å². The third kappa shape index (κ3) is 3.09. The first-order valence-corrected chi connectivity index (χ1v) is 9.84. The van der Waals surface area contributed by atoms with Crippen molar-refractivity contribution in [2.45, 2.75) is 69.9 Å². The standard InChI is InChI=1S/C21H31NO2/c1-2-23-18-7-5-17(6-8-18)21(12-4-13-21)22-15-19-9-14-20(16-24-19)10-3-11-20/h5-8,19,22H,2-4,9-16H2,1H3. The third-order valence-corrected chi connectivity index (χ3v) is 6.63. The Morgan fingerprint density at radius 2 is 1.83 bits per heavy atom. The maximum atomic E-state index is 6.20. The van der Waals surface area contributed by atoms with Crippen LogP contribution in [0.25, 0.3) is 0 Å². The fourth-order valence-electron chi connectivity index (χ4n) is 4.59. The van der Waals surface area contributed by atoms with Crippen molar-refractivity contribution in [3.63, 3.8) is 0 Å². The fraction of sp³-hybridized carbons (Fsp3) is 0.714. The quantitative estimate of drug-likeness (QED) is 0.839. The Balaban J connectivity index is 1.33. The van der Waals surface area contributed by atoms with Crippen molar-refractivity contribution in [1.82, 2.24) is 5.32 Å². The normalized spacial score (nSPS) is 27.3. The van der Waals surface area contributed by atoms with Gasteiger partial charge in [-0.25, -0.2) is 0 Å². The zero-order valence-electron chi connectivity index (χ0n) is 15.0. The molecule has 0 amide bonds. The molecule has 24 heavy (non-hydrogen) atoms. The summed E-state index contributed by atoms with van der Waals surface area (Å²) in [6.07, 6.45) is 11.0. The van der Waals surface area contributed by atoms with Gasteiger partial charge in [-0.1, -0.05) is 18.6 Å². The first-order valence-electron chi connectivity index (χ1n) is 9.84. The first kappa shape index (κ1) is 16.4. The van der Waals surface area contributed by atoms with Gasteiger partial charge < -0.3 is 14.8 Å². The topological polar surface area (TPSA) is 30.5 Å². The Bertz CT molecular complexity index is 535. The highest BCUT2D eigenvalue weighted by Gasteiger charge is 2.42. The number of nitrogens with one attached hydrogen (secondary N) is 1. The van der Waals surface area contributed by atoms with Crippen LogP contribution in [0.15, 0.2) is 24.3 Å². The lowest BCUT2D eigenvalue weighted by Crippen LogP contribution is -2.52. The van der Waals surface area contributed by atoms with Gasteiger partial charge in [0.05, 0.1) is 19.3 Å². The zero-order chi connectivity index (χ0) is 16.5. The van der Waals surface area contributed by atoms with E-state index in [9.17, 15) is 0 Å². The van der Waals surface area contributed by atoms with E-state index in [0.717, 1.165) is 25.5 Å². The predicted molar refractivity (Wildman–Crippen MR) is 96.4 cm³/mol. The molecule has 0 bridgehead atoms. The maximum absolute atomic E-state index is 6.20. The van der Waals surface area contributed by atoms with Crippen molar-refractivity contribution >= 4 is 0 Å². The van der Waals surface area contributed by atoms with E-state index in [1.807, 2.05) is 6.92 Å². The molecule has 3 aliphatic rings. The molecule has 1 aromatic carbocycles. The molecule has 3 heteroatoms. The Hall–Kier alpha value is -1.06. The van der Waals surface area contributed by atoms with Crippen LogP contribution in [0.3, 0.4) is 0 Å². The summed E-state index contributed by atoms with van der Waals surface area (Å²) in [5.41, 5.74) is 2.14. The van der Waals surface area contributed by atoms with E-state index < -0.39 is 0 Å². The van der Waals surface area contributed by atoms with Crippen LogP contribution >= 0.6 is 0 Å². The largest absolute Gasteiger partial charge is 0.494 e. The van der Waals surface area contributed by atoms with Crippen molar-refractivity contribution in [2.75, 3.05) is 19.8 Å². The van der Waals surface area contributed by atoms with Gasteiger partial charge >= 0.3 is 0 Å². The molecule has 1 aliphatic heterocycles. The summed E-state index contributed by atoms with van der Waals surface area (Å²) < 4.78 is 11.8. The minimum absolute atomic E-state index is 0.166. The first-order chi connectivity index (χ1) is 11.7. The van der Waals surface area contributed by atoms with Gasteiger partial charge in [0.25, 0.3) is 0 Å². The second-order valence-electron chi connectivity index (χ2n) is 8.10. The molecular weight excluding hydrogens is 298 g/mol. The number of hydrogen-bond acceptors (Lipinski definition) is 3. The molecule has 132 valence electrons. The summed E-state index contributed by atoms with van der Waals surface area (Å²) >= 11 is 0. The summed E-state index contributed by atoms with van der Waals surface area (Å²) in [6.45, 7) is 4.74. The molecule has 0 radical (unpaired) electrons. The molecule has 2 aliphatic carbocycles. The molecule has 1 saturated heterocycles. The third-order valence-electron chi connectivity index (χ3n) is 6.63. The van der Waals surface area contributed by atoms with E-state index in [4.69, 9.17) is 9.47 Å². The zero-order valence-corrected chi connectivity index (χ0v) is 15.0. The lowest BCUT2D eigenvalue weighted by atomic mass is 9.65. The van der Waals surface area contributed by atoms with Crippen LogP contribution in [0.4, 0.5) is 0 Å². The summed E-state index contributed by atoms with van der Waals surface area (Å²) in [5.74, 6) is 0.970. The van der Waals surface area contributed by atoms with Gasteiger partial charge in [0, 0.05) is 12.1 Å². The average molecular weight is 329 g/mol. The number of ether oxygens (including phenoxy) is 2. The van der Waals surface area contributed by atoms with Gasteiger partial charge in [0.2, 0.25) is 0 Å². The van der Waals surface area contributed by atoms with Crippen LogP contribution in [-0.4, -0.2) is 25.9 Å². The molecule has 1 atom stereocenters. The van der Waals surface area contributed by atoms with Gasteiger partial charge in [-0.2, -0.15) is 0 Å². The van der Waals surface area contributed by atoms with E-state index in [1.54, 1.807) is 0 Å². The van der Waals surface area contributed by atoms with Gasteiger partial charge in [-0.3, -0.25) is 0 Å². The van der Waals surface area contributed by atoms with E-state index >= 15 is 0 Å². The molecule has 3 fully saturated rings. The van der Waals surface area contributed by atoms with Crippen LogP contribution in [-0.2, 0) is 10.3 Å². The minimum Gasteiger partial charge on any atom is -0.494 e. The number of rotatable bonds is 6. The summed E-state index contributed by atoms with van der Waals surface area (Å²) in [5, 5.41) is 3.87. The van der Waals surface area contributed by atoms with Gasteiger partial charge in [-0.15, -0.1) is 0 Å². The second kappa shape index (κ2) is 6.68. The lowest BCUT2D eigenvalue weighted by molar-refractivity contribution is -0.0975. The van der Waals surface area contributed by atoms with Crippen LogP contribution in [0, 0.1) is 5.41 Å². The summed E-state index contributed by atoms with van der Waals surface area (Å²) in [7, 11) is 0. The van der Waals surface area contributed by atoms with Crippen LogP contribution in [0.5, 0.6) is 5.75 Å². The van der Waals surface area contributed by atoms with Crippen molar-refractivity contribution in [2.24, 2.45) is 5.41 Å². The Morgan fingerprint density at radius 3 is 2.33 bits per heavy atom. The van der Waals surface area contributed by atoms with Gasteiger partial charge in [0.15, 0.2) is 0 Å². The van der Waals surface area contributed by atoms with Crippen molar-refractivity contribution < 1.29 is 9.47 Å². The van der Waals surface area contributed by atoms with E-state index in [2.05, 4.69) is 29.6 Å². The highest BCUT2D eigenvalue weighted by atomic mass is 16.5. The Labute approximate surface area is 146 Å². The van der Waals surface area contributed by atoms with Crippen molar-refractivity contribution in [3.05, 3.63) is 29.8 Å². The average Bonchev–Trinajstić information content (AvgIpc) is 2.55. The van der Waals surface area contributed by atoms with Crippen LogP contribution < -0.4 is 10.1 Å². The van der Waals surface area contributed by atoms with Gasteiger partial charge in [0.1, 0.15) is 5.75 Å². The maximum Gasteiger partial charge on any atom is 0.119 e. The smallest absolute Gasteiger partial charge is 0.119 e. The van der Waals surface area contributed by atoms with E-state index in [-0.39, 0.29) is 5.54 Å². The molecule has 1 unspecified atom stereocenters. The Kier molecular flexibility index (Phi) is 4.57. The SMILES string of the molecule is CCOc1ccc(C2(NCC3CCC4(CCC4)CO3)CCC2)cc1. The highest BCUT2D eigenvalue weighted by Crippen LogP contribution is 2.48. The van der Waals surface area contributed by atoms with Gasteiger partial charge in [-0.05, 0) is 75.0 Å². The fourth-order valence-corrected chi connectivity index (χ4v) is 4.59. The molecule has 1 heterocycles. The van der Waals surface area contributed by atoms with Crippen molar-refractivity contribution in [1.29, 1.82) is 0 Å². The second-order valence-corrected chi connectivity index (χ2v) is 8.10. The minimum atomic E-state index is 0.166.